The summed E-state index contributed by atoms with van der Waals surface area (Å²) in [6.07, 6.45) is 33.1. The summed E-state index contributed by atoms with van der Waals surface area (Å²) in [6.45, 7) is 2.97. The molecule has 9 rings (SSSR count). The number of allylic oxidation sites excluding steroid dienone is 2. The predicted octanol–water partition coefficient (Wildman–Crippen LogP) is 11.1. The molecule has 1 spiro atoms. The summed E-state index contributed by atoms with van der Waals surface area (Å²) in [5.41, 5.74) is 7.50. The number of hydrogen-bond donors (Lipinski definition) is 2. The van der Waals surface area contributed by atoms with Gasteiger partial charge in [0.15, 0.2) is 0 Å². The summed E-state index contributed by atoms with van der Waals surface area (Å²) in [7, 11) is 2.58. The van der Waals surface area contributed by atoms with Crippen LogP contribution in [-0.2, 0) is 63.3 Å². The van der Waals surface area contributed by atoms with Gasteiger partial charge in [-0.1, -0.05) is 123 Å². The molecule has 3 aromatic carbocycles. The van der Waals surface area contributed by atoms with E-state index in [1.165, 1.54) is 103 Å². The molecule has 0 fully saturated rings. The van der Waals surface area contributed by atoms with E-state index in [2.05, 4.69) is 79.8 Å². The Kier molecular flexibility index (Phi) is 22.5. The number of rotatable bonds is 2. The zero-order chi connectivity index (χ0) is 55.1. The topological polar surface area (TPSA) is 191 Å². The first kappa shape index (κ1) is 58.3. The summed E-state index contributed by atoms with van der Waals surface area (Å²) in [6, 6.07) is 16.3. The lowest BCUT2D eigenvalue weighted by atomic mass is 9.71. The second-order valence-electron chi connectivity index (χ2n) is 21.8. The zero-order valence-electron chi connectivity index (χ0n) is 47.0. The predicted molar refractivity (Wildman–Crippen MR) is 304 cm³/mol. The monoisotopic (exact) mass is 1080 g/mol. The highest BCUT2D eigenvalue weighted by Gasteiger charge is 2.46. The van der Waals surface area contributed by atoms with Gasteiger partial charge >= 0.3 is 11.9 Å². The molecule has 3 aliphatic heterocycles. The molecule has 5 heterocycles. The SMILES string of the molecule is COC(=O)c1cc2c(C(=O)OC)cc1OCCCc1cn(nn1)CCCc1ccc3c(c1)C1(CC(=O)NCCCCCCCCCC=CCCCCCCCCCNC(=O)C1)c1cc(ccc1-3)CCCn1cc(nn1)CCCO2. The molecule has 0 atom stereocenters. The molecule has 79 heavy (non-hydrogen) atoms. The fourth-order valence-corrected chi connectivity index (χ4v) is 11.5. The van der Waals surface area contributed by atoms with Gasteiger partial charge in [0.05, 0.1) is 38.8 Å². The molecule has 2 amide bonds. The van der Waals surface area contributed by atoms with Crippen LogP contribution in [0.3, 0.4) is 0 Å². The molecule has 5 aromatic rings. The van der Waals surface area contributed by atoms with Gasteiger partial charge in [-0.3, -0.25) is 19.0 Å². The van der Waals surface area contributed by atoms with Crippen molar-refractivity contribution in [2.45, 2.75) is 185 Å². The van der Waals surface area contributed by atoms with Crippen molar-refractivity contribution in [2.75, 3.05) is 40.5 Å². The van der Waals surface area contributed by atoms with Gasteiger partial charge in [0, 0.05) is 56.8 Å². The van der Waals surface area contributed by atoms with Crippen molar-refractivity contribution in [1.82, 2.24) is 40.6 Å². The Hall–Kier alpha value is -6.84. The van der Waals surface area contributed by atoms with E-state index in [1.807, 2.05) is 21.8 Å². The lowest BCUT2D eigenvalue weighted by Crippen LogP contribution is -2.40. The minimum Gasteiger partial charge on any atom is -0.493 e. The van der Waals surface area contributed by atoms with E-state index in [9.17, 15) is 19.2 Å². The second-order valence-corrected chi connectivity index (χ2v) is 21.8. The second kappa shape index (κ2) is 30.5. The van der Waals surface area contributed by atoms with Crippen molar-refractivity contribution in [3.63, 3.8) is 0 Å². The Balaban J connectivity index is 1.04. The molecular formula is C63H84N8O8. The number of nitrogens with zero attached hydrogens (tertiary/aromatic N) is 6. The van der Waals surface area contributed by atoms with Crippen molar-refractivity contribution in [1.29, 1.82) is 0 Å². The van der Waals surface area contributed by atoms with Crippen LogP contribution in [0.15, 0.2) is 73.1 Å². The Labute approximate surface area is 467 Å². The quantitative estimate of drug-likeness (QED) is 0.126. The van der Waals surface area contributed by atoms with E-state index in [0.717, 1.165) is 96.1 Å². The maximum Gasteiger partial charge on any atom is 0.341 e. The van der Waals surface area contributed by atoms with Crippen LogP contribution in [0.5, 0.6) is 11.5 Å². The number of ether oxygens (including phenoxy) is 4. The third-order valence-electron chi connectivity index (χ3n) is 15.8. The van der Waals surface area contributed by atoms with Crippen LogP contribution < -0.4 is 20.1 Å². The first-order chi connectivity index (χ1) is 38.7. The standard InChI is InChI=1S/C63H84N8O8/c1-76-61(74)53-41-58-54(62(75)77-2)42-57(53)78-37-23-27-49-45-70(68-66-49)35-21-25-47-29-31-51-52-32-30-48(26-22-36-71-46-50(67-69-71)28-24-38-79-58)40-56(52)63(55(51)39-47)43-59(72)64-33-19-17-15-13-11-9-7-5-3-4-6-8-10-12-14-16-18-20-34-65-60(73)44-63/h3-4,29-32,39-42,45-46H,5-28,33-38,43-44H2,1-2H3,(H,64,72)(H,65,73). The average molecular weight is 1080 g/mol. The number of carbonyl (C=O) groups excluding carboxylic acids is 4. The lowest BCUT2D eigenvalue weighted by Gasteiger charge is -2.32. The summed E-state index contributed by atoms with van der Waals surface area (Å²) in [4.78, 5) is 54.9. The Bertz CT molecular complexity index is 2630. The van der Waals surface area contributed by atoms with Gasteiger partial charge in [0.2, 0.25) is 11.8 Å². The van der Waals surface area contributed by atoms with Crippen LogP contribution in [0.25, 0.3) is 11.1 Å². The lowest BCUT2D eigenvalue weighted by molar-refractivity contribution is -0.124. The first-order valence-corrected chi connectivity index (χ1v) is 29.6. The third-order valence-corrected chi connectivity index (χ3v) is 15.8. The molecule has 1 aliphatic carbocycles. The molecule has 4 aliphatic rings. The number of amides is 2. The number of carbonyl (C=O) groups is 4. The van der Waals surface area contributed by atoms with E-state index in [1.54, 1.807) is 0 Å². The van der Waals surface area contributed by atoms with Crippen molar-refractivity contribution in [3.8, 4) is 22.6 Å². The summed E-state index contributed by atoms with van der Waals surface area (Å²) < 4.78 is 26.1. The normalized spacial score (nSPS) is 18.5. The largest absolute Gasteiger partial charge is 0.493 e. The molecule has 0 unspecified atom stereocenters. The van der Waals surface area contributed by atoms with Crippen molar-refractivity contribution in [3.05, 3.63) is 118 Å². The average Bonchev–Trinajstić information content (AvgIpc) is 4.22. The fraction of sp³-hybridized carbons (Fsp3) is 0.556. The van der Waals surface area contributed by atoms with Crippen LogP contribution in [0.4, 0.5) is 0 Å². The smallest absolute Gasteiger partial charge is 0.341 e. The molecular weight excluding hydrogens is 997 g/mol. The van der Waals surface area contributed by atoms with Gasteiger partial charge in [-0.25, -0.2) is 9.59 Å². The van der Waals surface area contributed by atoms with E-state index in [4.69, 9.17) is 18.9 Å². The number of esters is 2. The third kappa shape index (κ3) is 16.8. The van der Waals surface area contributed by atoms with Gasteiger partial charge in [-0.15, -0.1) is 10.2 Å². The fourth-order valence-electron chi connectivity index (χ4n) is 11.5. The van der Waals surface area contributed by atoms with Gasteiger partial charge < -0.3 is 29.6 Å². The summed E-state index contributed by atoms with van der Waals surface area (Å²) in [5.74, 6) is -0.950. The summed E-state index contributed by atoms with van der Waals surface area (Å²) in [5, 5.41) is 24.4. The number of hydrogen-bond acceptors (Lipinski definition) is 12. The molecule has 10 bridgehead atoms. The van der Waals surface area contributed by atoms with E-state index >= 15 is 0 Å². The molecule has 2 aromatic heterocycles. The Morgan fingerprint density at radius 3 is 1.37 bits per heavy atom. The van der Waals surface area contributed by atoms with Crippen LogP contribution >= 0.6 is 0 Å². The highest BCUT2D eigenvalue weighted by Crippen LogP contribution is 2.53. The van der Waals surface area contributed by atoms with Gasteiger partial charge in [0.25, 0.3) is 0 Å². The van der Waals surface area contributed by atoms with Crippen LogP contribution in [0, 0.1) is 0 Å². The minimum absolute atomic E-state index is 0.0299. The Morgan fingerprint density at radius 2 is 0.937 bits per heavy atom. The molecule has 16 nitrogen and oxygen atoms in total. The van der Waals surface area contributed by atoms with Crippen LogP contribution in [0.2, 0.25) is 0 Å². The highest BCUT2D eigenvalue weighted by molar-refractivity contribution is 5.98. The van der Waals surface area contributed by atoms with Crippen LogP contribution in [0.1, 0.15) is 196 Å². The van der Waals surface area contributed by atoms with Crippen molar-refractivity contribution >= 4 is 23.8 Å². The maximum atomic E-state index is 14.5. The zero-order valence-corrected chi connectivity index (χ0v) is 47.0. The number of fused-ring (bicyclic) bond motifs is 13. The number of aromatic nitrogens is 6. The molecule has 2 N–H and O–H groups in total. The van der Waals surface area contributed by atoms with E-state index < -0.39 is 17.4 Å². The molecule has 424 valence electrons. The molecule has 16 heteroatoms. The van der Waals surface area contributed by atoms with Gasteiger partial charge in [0.1, 0.15) is 22.6 Å². The number of aryl methyl sites for hydroxylation is 6. The number of benzene rings is 3. The maximum absolute atomic E-state index is 14.5. The van der Waals surface area contributed by atoms with Gasteiger partial charge in [-0.05, 0) is 135 Å². The molecule has 0 saturated heterocycles. The first-order valence-electron chi connectivity index (χ1n) is 29.6. The van der Waals surface area contributed by atoms with Gasteiger partial charge in [-0.2, -0.15) is 0 Å². The van der Waals surface area contributed by atoms with Crippen molar-refractivity contribution < 1.29 is 38.1 Å². The van der Waals surface area contributed by atoms with E-state index in [-0.39, 0.29) is 60.5 Å². The van der Waals surface area contributed by atoms with Crippen molar-refractivity contribution in [2.24, 2.45) is 0 Å². The number of methoxy groups -OCH3 is 2. The highest BCUT2D eigenvalue weighted by atomic mass is 16.5. The minimum atomic E-state index is -0.873. The van der Waals surface area contributed by atoms with E-state index in [0.29, 0.717) is 51.9 Å². The molecule has 0 radical (unpaired) electrons. The number of nitrogens with one attached hydrogen (secondary N) is 2. The molecule has 0 saturated carbocycles. The summed E-state index contributed by atoms with van der Waals surface area (Å²) >= 11 is 0. The van der Waals surface area contributed by atoms with Crippen LogP contribution in [-0.4, -0.2) is 94.3 Å². The Morgan fingerprint density at radius 1 is 0.519 bits per heavy atom.